The fourth-order valence-electron chi connectivity index (χ4n) is 4.08. The molecule has 0 radical (unpaired) electrons. The van der Waals surface area contributed by atoms with Crippen molar-refractivity contribution in [1.29, 1.82) is 0 Å². The summed E-state index contributed by atoms with van der Waals surface area (Å²) in [5.74, 6) is -0.0720. The molecule has 0 fully saturated rings. The molecule has 0 saturated carbocycles. The second kappa shape index (κ2) is 8.66. The zero-order valence-electron chi connectivity index (χ0n) is 19.1. The van der Waals surface area contributed by atoms with Crippen molar-refractivity contribution in [1.82, 2.24) is 35.1 Å². The van der Waals surface area contributed by atoms with Crippen LogP contribution in [0.25, 0.3) is 56.0 Å². The zero-order valence-corrected chi connectivity index (χ0v) is 19.1. The van der Waals surface area contributed by atoms with Gasteiger partial charge in [-0.05, 0) is 30.3 Å². The number of anilines is 1. The quantitative estimate of drug-likeness (QED) is 0.316. The van der Waals surface area contributed by atoms with Crippen molar-refractivity contribution < 1.29 is 9.18 Å². The standard InChI is InChI=1S/C26H19FN8O/c1-2-22(36)31-15-9-14(12-28-13-15)16-10-17-21(11-18(16)27)34-35-23(17)26-32-20-6-8-30-24(25(20)33-26)19-5-3-4-7-29-19/h3-13H,2H2,1H3,(H,31,36)(H,32,33)(H,34,35). The SMILES string of the molecule is CCC(=O)Nc1cncc(-c2cc3c(-c4nc5c(-c6ccccn6)nccc5[nH]4)n[nH]c3cc2F)c1. The molecule has 0 unspecified atom stereocenters. The van der Waals surface area contributed by atoms with Crippen LogP contribution in [0.2, 0.25) is 0 Å². The van der Waals surface area contributed by atoms with Gasteiger partial charge in [-0.25, -0.2) is 9.37 Å². The first-order valence-corrected chi connectivity index (χ1v) is 11.3. The number of nitrogens with one attached hydrogen (secondary N) is 3. The number of nitrogens with zero attached hydrogens (tertiary/aromatic N) is 5. The summed E-state index contributed by atoms with van der Waals surface area (Å²) < 4.78 is 15.1. The van der Waals surface area contributed by atoms with E-state index >= 15 is 4.39 Å². The van der Waals surface area contributed by atoms with Gasteiger partial charge in [0, 0.05) is 47.6 Å². The normalized spacial score (nSPS) is 11.3. The summed E-state index contributed by atoms with van der Waals surface area (Å²) in [6, 6.07) is 12.2. The molecule has 0 aliphatic carbocycles. The molecule has 0 aliphatic rings. The number of aromatic amines is 2. The molecule has 0 spiro atoms. The highest BCUT2D eigenvalue weighted by Gasteiger charge is 2.18. The number of pyridine rings is 3. The van der Waals surface area contributed by atoms with E-state index in [1.807, 2.05) is 24.3 Å². The van der Waals surface area contributed by atoms with Gasteiger partial charge < -0.3 is 10.3 Å². The van der Waals surface area contributed by atoms with Crippen LogP contribution >= 0.6 is 0 Å². The number of carbonyl (C=O) groups excluding carboxylic acids is 1. The van der Waals surface area contributed by atoms with Gasteiger partial charge in [-0.3, -0.25) is 24.8 Å². The summed E-state index contributed by atoms with van der Waals surface area (Å²) in [4.78, 5) is 32.9. The van der Waals surface area contributed by atoms with Crippen LogP contribution in [0, 0.1) is 5.82 Å². The van der Waals surface area contributed by atoms with Crippen molar-refractivity contribution in [3.63, 3.8) is 0 Å². The molecule has 0 aliphatic heterocycles. The van der Waals surface area contributed by atoms with Gasteiger partial charge in [-0.2, -0.15) is 5.10 Å². The molecule has 5 heterocycles. The average Bonchev–Trinajstić information content (AvgIpc) is 3.52. The van der Waals surface area contributed by atoms with Crippen LogP contribution in [0.15, 0.2) is 67.3 Å². The number of hydrogen-bond acceptors (Lipinski definition) is 6. The highest BCUT2D eigenvalue weighted by Crippen LogP contribution is 2.34. The Morgan fingerprint density at radius 3 is 2.78 bits per heavy atom. The smallest absolute Gasteiger partial charge is 0.224 e. The highest BCUT2D eigenvalue weighted by atomic mass is 19.1. The molecule has 0 atom stereocenters. The lowest BCUT2D eigenvalue weighted by Gasteiger charge is -2.08. The van der Waals surface area contributed by atoms with E-state index in [1.165, 1.54) is 12.3 Å². The monoisotopic (exact) mass is 478 g/mol. The van der Waals surface area contributed by atoms with Crippen molar-refractivity contribution >= 4 is 33.5 Å². The van der Waals surface area contributed by atoms with Crippen LogP contribution in [0.1, 0.15) is 13.3 Å². The Balaban J connectivity index is 1.46. The van der Waals surface area contributed by atoms with E-state index < -0.39 is 5.82 Å². The third-order valence-corrected chi connectivity index (χ3v) is 5.84. The van der Waals surface area contributed by atoms with Crippen LogP contribution in [-0.4, -0.2) is 41.0 Å². The van der Waals surface area contributed by atoms with E-state index in [1.54, 1.807) is 37.6 Å². The van der Waals surface area contributed by atoms with Gasteiger partial charge in [-0.1, -0.05) is 13.0 Å². The number of imidazole rings is 1. The molecule has 1 aromatic carbocycles. The van der Waals surface area contributed by atoms with Gasteiger partial charge in [0.2, 0.25) is 5.91 Å². The number of halogens is 1. The van der Waals surface area contributed by atoms with Crippen molar-refractivity contribution in [2.45, 2.75) is 13.3 Å². The lowest BCUT2D eigenvalue weighted by molar-refractivity contribution is -0.115. The topological polar surface area (TPSA) is 125 Å². The largest absolute Gasteiger partial charge is 0.336 e. The number of fused-ring (bicyclic) bond motifs is 2. The minimum atomic E-state index is -0.440. The Hall–Kier alpha value is -4.99. The minimum absolute atomic E-state index is 0.147. The maximum absolute atomic E-state index is 15.1. The van der Waals surface area contributed by atoms with Crippen LogP contribution in [0.4, 0.5) is 10.1 Å². The molecule has 0 saturated heterocycles. The number of benzene rings is 1. The Morgan fingerprint density at radius 1 is 1.03 bits per heavy atom. The second-order valence-electron chi connectivity index (χ2n) is 8.17. The minimum Gasteiger partial charge on any atom is -0.336 e. The molecule has 176 valence electrons. The van der Waals surface area contributed by atoms with Crippen molar-refractivity contribution in [3.05, 3.63) is 73.1 Å². The molecule has 36 heavy (non-hydrogen) atoms. The summed E-state index contributed by atoms with van der Waals surface area (Å²) in [5.41, 5.74) is 5.23. The summed E-state index contributed by atoms with van der Waals surface area (Å²) in [7, 11) is 0. The lowest BCUT2D eigenvalue weighted by atomic mass is 10.0. The van der Waals surface area contributed by atoms with Crippen molar-refractivity contribution in [2.24, 2.45) is 0 Å². The molecule has 0 bridgehead atoms. The first-order valence-electron chi connectivity index (χ1n) is 11.3. The molecule has 6 rings (SSSR count). The molecule has 3 N–H and O–H groups in total. The van der Waals surface area contributed by atoms with E-state index in [0.29, 0.717) is 62.6 Å². The predicted molar refractivity (Wildman–Crippen MR) is 134 cm³/mol. The average molecular weight is 478 g/mol. The van der Waals surface area contributed by atoms with E-state index in [0.717, 1.165) is 5.52 Å². The first kappa shape index (κ1) is 21.5. The van der Waals surface area contributed by atoms with Gasteiger partial charge in [0.05, 0.1) is 28.6 Å². The number of carbonyl (C=O) groups is 1. The maximum Gasteiger partial charge on any atom is 0.224 e. The van der Waals surface area contributed by atoms with Gasteiger partial charge in [0.1, 0.15) is 22.7 Å². The maximum atomic E-state index is 15.1. The number of aromatic nitrogens is 7. The van der Waals surface area contributed by atoms with Crippen LogP contribution in [0.5, 0.6) is 0 Å². The first-order chi connectivity index (χ1) is 17.6. The number of rotatable bonds is 5. The third kappa shape index (κ3) is 3.74. The molecule has 5 aromatic heterocycles. The Bertz CT molecular complexity index is 1740. The Kier molecular flexibility index (Phi) is 5.18. The van der Waals surface area contributed by atoms with Crippen LogP contribution < -0.4 is 5.32 Å². The fourth-order valence-corrected chi connectivity index (χ4v) is 4.08. The van der Waals surface area contributed by atoms with E-state index in [4.69, 9.17) is 4.98 Å². The second-order valence-corrected chi connectivity index (χ2v) is 8.17. The number of H-pyrrole nitrogens is 2. The molecule has 6 aromatic rings. The van der Waals surface area contributed by atoms with Gasteiger partial charge >= 0.3 is 0 Å². The summed E-state index contributed by atoms with van der Waals surface area (Å²) in [6.07, 6.45) is 6.81. The number of hydrogen-bond donors (Lipinski definition) is 3. The molecular weight excluding hydrogens is 459 g/mol. The number of amides is 1. The molecule has 9 nitrogen and oxygen atoms in total. The summed E-state index contributed by atoms with van der Waals surface area (Å²) in [6.45, 7) is 1.76. The lowest BCUT2D eigenvalue weighted by Crippen LogP contribution is -2.09. The Labute approximate surface area is 203 Å². The third-order valence-electron chi connectivity index (χ3n) is 5.84. The fraction of sp³-hybridized carbons (Fsp3) is 0.0769. The van der Waals surface area contributed by atoms with Crippen molar-refractivity contribution in [3.8, 4) is 34.0 Å². The summed E-state index contributed by atoms with van der Waals surface area (Å²) >= 11 is 0. The predicted octanol–water partition coefficient (Wildman–Crippen LogP) is 5.11. The van der Waals surface area contributed by atoms with Gasteiger partial charge in [0.25, 0.3) is 0 Å². The van der Waals surface area contributed by atoms with Crippen LogP contribution in [0.3, 0.4) is 0 Å². The van der Waals surface area contributed by atoms with E-state index in [-0.39, 0.29) is 5.91 Å². The molecule has 1 amide bonds. The molecular formula is C26H19FN8O. The zero-order chi connectivity index (χ0) is 24.6. The van der Waals surface area contributed by atoms with Gasteiger partial charge in [0.15, 0.2) is 5.82 Å². The van der Waals surface area contributed by atoms with E-state index in [9.17, 15) is 4.79 Å². The van der Waals surface area contributed by atoms with Crippen molar-refractivity contribution in [2.75, 3.05) is 5.32 Å². The van der Waals surface area contributed by atoms with Crippen LogP contribution in [-0.2, 0) is 4.79 Å². The Morgan fingerprint density at radius 2 is 1.94 bits per heavy atom. The van der Waals surface area contributed by atoms with Gasteiger partial charge in [-0.15, -0.1) is 0 Å². The molecule has 10 heteroatoms. The highest BCUT2D eigenvalue weighted by molar-refractivity contribution is 5.98. The summed E-state index contributed by atoms with van der Waals surface area (Å²) in [5, 5.41) is 10.7. The van der Waals surface area contributed by atoms with E-state index in [2.05, 4.69) is 35.5 Å².